The Morgan fingerprint density at radius 1 is 0.500 bits per heavy atom. The molecule has 2 aliphatic rings. The van der Waals surface area contributed by atoms with Crippen LogP contribution in [-0.4, -0.2) is 0 Å². The monoisotopic (exact) mass is 806 g/mol. The molecule has 2 nitrogen and oxygen atoms in total. The minimum atomic E-state index is -0.131. The van der Waals surface area contributed by atoms with E-state index in [9.17, 15) is 0 Å². The zero-order valence-corrected chi connectivity index (χ0v) is 36.8. The van der Waals surface area contributed by atoms with Crippen LogP contribution < -0.4 is 9.13 Å². The Kier molecular flexibility index (Phi) is 10.6. The first-order chi connectivity index (χ1) is 30.4. The highest BCUT2D eigenvalue weighted by molar-refractivity contribution is 5.84. The highest BCUT2D eigenvalue weighted by atomic mass is 15.1. The summed E-state index contributed by atoms with van der Waals surface area (Å²) in [6, 6.07) is 66.4. The van der Waals surface area contributed by atoms with Crippen LogP contribution in [0.25, 0.3) is 67.0 Å². The molecule has 0 N–H and O–H groups in total. The standard InChI is InChI=1S/C60H58N2/c1-5-8-20-43-21-18-24-45(35-43)50-37-49(44-22-10-9-11-23-44)38-51(39-50)47-26-19-25-46(36-47)48-31-32-56-55(40-48)58-30-15-17-34-62(58)60(7-3,59(56,4)6-2)41-52-42-61-33-16-14-29-57(61)54-28-13-12-27-53(52)54/h9-19,21-40,52H,5-8,20,41-42H2,1-4H3/q+2. The van der Waals surface area contributed by atoms with Crippen LogP contribution >= 0.6 is 0 Å². The normalized spacial score (nSPS) is 18.6. The van der Waals surface area contributed by atoms with Gasteiger partial charge in [-0.3, -0.25) is 0 Å². The van der Waals surface area contributed by atoms with E-state index >= 15 is 0 Å². The van der Waals surface area contributed by atoms with Gasteiger partial charge in [-0.25, -0.2) is 0 Å². The summed E-state index contributed by atoms with van der Waals surface area (Å²) < 4.78 is 5.18. The number of fused-ring (bicyclic) bond motifs is 6. The Bertz CT molecular complexity index is 2910. The third-order valence-electron chi connectivity index (χ3n) is 14.8. The van der Waals surface area contributed by atoms with Crippen LogP contribution in [0, 0.1) is 0 Å². The van der Waals surface area contributed by atoms with Gasteiger partial charge in [0.05, 0.1) is 16.9 Å². The highest BCUT2D eigenvalue weighted by Gasteiger charge is 2.60. The summed E-state index contributed by atoms with van der Waals surface area (Å²) in [5.41, 5.74) is 19.4. The molecule has 8 aromatic rings. The third kappa shape index (κ3) is 6.81. The average molecular weight is 807 g/mol. The molecule has 10 rings (SSSR count). The van der Waals surface area contributed by atoms with Gasteiger partial charge in [-0.15, -0.1) is 0 Å². The smallest absolute Gasteiger partial charge is 0.198 e. The van der Waals surface area contributed by atoms with Gasteiger partial charge >= 0.3 is 0 Å². The number of unbranched alkanes of at least 4 members (excludes halogenated alkanes) is 1. The lowest BCUT2D eigenvalue weighted by Gasteiger charge is -2.49. The van der Waals surface area contributed by atoms with Crippen molar-refractivity contribution in [2.24, 2.45) is 0 Å². The zero-order valence-electron chi connectivity index (χ0n) is 36.8. The second-order valence-corrected chi connectivity index (χ2v) is 18.1. The molecule has 3 unspecified atom stereocenters. The molecule has 0 bridgehead atoms. The molecule has 0 spiro atoms. The summed E-state index contributed by atoms with van der Waals surface area (Å²) in [5.74, 6) is 0.381. The number of pyridine rings is 2. The van der Waals surface area contributed by atoms with E-state index in [0.29, 0.717) is 5.92 Å². The van der Waals surface area contributed by atoms with E-state index in [1.54, 1.807) is 0 Å². The number of hydrogen-bond donors (Lipinski definition) is 0. The average Bonchev–Trinajstić information content (AvgIpc) is 3.34. The van der Waals surface area contributed by atoms with E-state index in [1.165, 1.54) is 96.6 Å². The topological polar surface area (TPSA) is 7.76 Å². The van der Waals surface area contributed by atoms with E-state index in [2.05, 4.69) is 225 Å². The van der Waals surface area contributed by atoms with Gasteiger partial charge in [0.1, 0.15) is 0 Å². The van der Waals surface area contributed by atoms with E-state index < -0.39 is 0 Å². The second-order valence-electron chi connectivity index (χ2n) is 18.1. The molecule has 2 aromatic heterocycles. The lowest BCUT2D eigenvalue weighted by atomic mass is 9.56. The van der Waals surface area contributed by atoms with E-state index in [4.69, 9.17) is 0 Å². The maximum Gasteiger partial charge on any atom is 0.213 e. The maximum atomic E-state index is 2.70. The van der Waals surface area contributed by atoms with Crippen LogP contribution in [0.1, 0.15) is 82.4 Å². The third-order valence-corrected chi connectivity index (χ3v) is 14.8. The van der Waals surface area contributed by atoms with Gasteiger partial charge in [-0.2, -0.15) is 9.13 Å². The Balaban J connectivity index is 1.05. The number of benzene rings is 6. The van der Waals surface area contributed by atoms with Crippen molar-refractivity contribution in [3.8, 4) is 67.0 Å². The van der Waals surface area contributed by atoms with Gasteiger partial charge < -0.3 is 0 Å². The van der Waals surface area contributed by atoms with Crippen molar-refractivity contribution < 1.29 is 9.13 Å². The van der Waals surface area contributed by atoms with Crippen molar-refractivity contribution >= 4 is 0 Å². The van der Waals surface area contributed by atoms with E-state index in [0.717, 1.165) is 32.2 Å². The molecular weight excluding hydrogens is 749 g/mol. The Labute approximate surface area is 369 Å². The van der Waals surface area contributed by atoms with Crippen LogP contribution in [0.15, 0.2) is 188 Å². The summed E-state index contributed by atoms with van der Waals surface area (Å²) in [6.45, 7) is 10.7. The summed E-state index contributed by atoms with van der Waals surface area (Å²) in [5, 5.41) is 0. The van der Waals surface area contributed by atoms with E-state index in [-0.39, 0.29) is 11.0 Å². The Hall–Kier alpha value is -6.38. The largest absolute Gasteiger partial charge is 0.213 e. The van der Waals surface area contributed by atoms with Crippen molar-refractivity contribution in [3.05, 3.63) is 205 Å². The molecule has 0 saturated carbocycles. The molecule has 6 aromatic carbocycles. The molecule has 306 valence electrons. The van der Waals surface area contributed by atoms with Crippen LogP contribution in [0.5, 0.6) is 0 Å². The van der Waals surface area contributed by atoms with Crippen molar-refractivity contribution in [1.82, 2.24) is 0 Å². The van der Waals surface area contributed by atoms with Gasteiger partial charge in [0.25, 0.3) is 0 Å². The molecule has 62 heavy (non-hydrogen) atoms. The fraction of sp³-hybridized carbons (Fsp3) is 0.233. The number of hydrogen-bond acceptors (Lipinski definition) is 0. The van der Waals surface area contributed by atoms with Gasteiger partial charge in [0.15, 0.2) is 24.5 Å². The molecule has 0 fully saturated rings. The minimum absolute atomic E-state index is 0.102. The van der Waals surface area contributed by atoms with Crippen molar-refractivity contribution in [2.75, 3.05) is 0 Å². The molecule has 2 heteroatoms. The summed E-state index contributed by atoms with van der Waals surface area (Å²) in [7, 11) is 0. The number of aryl methyl sites for hydroxylation is 1. The molecule has 3 atom stereocenters. The van der Waals surface area contributed by atoms with Crippen LogP contribution in [0.2, 0.25) is 0 Å². The Morgan fingerprint density at radius 2 is 1.11 bits per heavy atom. The molecular formula is C60H58N2+2. The van der Waals surface area contributed by atoms with E-state index in [1.807, 2.05) is 0 Å². The first kappa shape index (κ1) is 39.7. The zero-order chi connectivity index (χ0) is 42.3. The van der Waals surface area contributed by atoms with Crippen molar-refractivity contribution in [1.29, 1.82) is 0 Å². The summed E-state index contributed by atoms with van der Waals surface area (Å²) >= 11 is 0. The second kappa shape index (κ2) is 16.5. The Morgan fingerprint density at radius 3 is 1.87 bits per heavy atom. The molecule has 4 heterocycles. The molecule has 0 saturated heterocycles. The molecule has 2 aliphatic heterocycles. The fourth-order valence-corrected chi connectivity index (χ4v) is 11.3. The SMILES string of the molecule is CCCCc1cccc(-c2cc(-c3ccccc3)cc(-c3cccc(-c4ccc5c(c4)-c4cccc[n+]4C(CC)(CC4C[n+]6ccccc6-c6ccccc64)C5(C)CC)c3)c2)c1. The number of rotatable bonds is 11. The highest BCUT2D eigenvalue weighted by Crippen LogP contribution is 2.54. The van der Waals surface area contributed by atoms with Crippen molar-refractivity contribution in [2.45, 2.75) is 89.6 Å². The summed E-state index contributed by atoms with van der Waals surface area (Å²) in [6.07, 6.45) is 11.3. The van der Waals surface area contributed by atoms with Gasteiger partial charge in [0, 0.05) is 42.7 Å². The van der Waals surface area contributed by atoms with Gasteiger partial charge in [-0.1, -0.05) is 130 Å². The lowest BCUT2D eigenvalue weighted by molar-refractivity contribution is -0.772. The number of aromatic nitrogens is 2. The predicted molar refractivity (Wildman–Crippen MR) is 258 cm³/mol. The maximum absolute atomic E-state index is 2.70. The first-order valence-electron chi connectivity index (χ1n) is 23.1. The molecule has 0 aliphatic carbocycles. The van der Waals surface area contributed by atoms with Gasteiger partial charge in [-0.05, 0) is 136 Å². The van der Waals surface area contributed by atoms with Crippen LogP contribution in [-0.2, 0) is 23.9 Å². The molecule has 0 radical (unpaired) electrons. The lowest BCUT2D eigenvalue weighted by Crippen LogP contribution is -2.69. The van der Waals surface area contributed by atoms with Gasteiger partial charge in [0.2, 0.25) is 11.4 Å². The molecule has 0 amide bonds. The predicted octanol–water partition coefficient (Wildman–Crippen LogP) is 14.6. The quantitative estimate of drug-likeness (QED) is 0.115. The fourth-order valence-electron chi connectivity index (χ4n) is 11.3. The van der Waals surface area contributed by atoms with Crippen molar-refractivity contribution in [3.63, 3.8) is 0 Å². The number of nitrogens with zero attached hydrogens (tertiary/aromatic N) is 2. The van der Waals surface area contributed by atoms with Crippen LogP contribution in [0.3, 0.4) is 0 Å². The minimum Gasteiger partial charge on any atom is -0.198 e. The first-order valence-corrected chi connectivity index (χ1v) is 23.1. The van der Waals surface area contributed by atoms with Crippen LogP contribution in [0.4, 0.5) is 0 Å². The summed E-state index contributed by atoms with van der Waals surface area (Å²) in [4.78, 5) is 0.